The normalized spacial score (nSPS) is 12.1. The van der Waals surface area contributed by atoms with Crippen LogP contribution in [0, 0.1) is 0 Å². The first-order valence-electron chi connectivity index (χ1n) is 4.62. The minimum Gasteiger partial charge on any atom is -0.481 e. The van der Waals surface area contributed by atoms with Gasteiger partial charge in [-0.15, -0.1) is 0 Å². The first-order chi connectivity index (χ1) is 7.19. The van der Waals surface area contributed by atoms with E-state index in [-0.39, 0.29) is 6.42 Å². The van der Waals surface area contributed by atoms with Crippen molar-refractivity contribution in [2.75, 3.05) is 0 Å². The average Bonchev–Trinajstić information content (AvgIpc) is 2.64. The lowest BCUT2D eigenvalue weighted by molar-refractivity contribution is -0.137. The maximum Gasteiger partial charge on any atom is 0.305 e. The first kappa shape index (κ1) is 11.2. The Balaban J connectivity index is 2.87. The Morgan fingerprint density at radius 1 is 1.80 bits per heavy atom. The number of aliphatic carboxylic acids is 1. The van der Waals surface area contributed by atoms with E-state index in [1.54, 1.807) is 16.9 Å². The van der Waals surface area contributed by atoms with Crippen LogP contribution in [0.4, 0.5) is 0 Å². The van der Waals surface area contributed by atoms with Crippen molar-refractivity contribution in [3.63, 3.8) is 0 Å². The molecule has 0 aliphatic carbocycles. The summed E-state index contributed by atoms with van der Waals surface area (Å²) in [5.74, 6) is -0.960. The highest BCUT2D eigenvalue weighted by molar-refractivity contribution is 5.68. The summed E-state index contributed by atoms with van der Waals surface area (Å²) < 4.78 is 1.66. The fraction of sp³-hybridized carbons (Fsp3) is 0.444. The van der Waals surface area contributed by atoms with Crippen molar-refractivity contribution >= 4 is 12.4 Å². The summed E-state index contributed by atoms with van der Waals surface area (Å²) in [4.78, 5) is 21.0. The molecular weight excluding hydrogens is 198 g/mol. The highest BCUT2D eigenvalue weighted by Crippen LogP contribution is 2.15. The van der Waals surface area contributed by atoms with Crippen LogP contribution in [0.25, 0.3) is 0 Å². The van der Waals surface area contributed by atoms with Gasteiger partial charge in [-0.1, -0.05) is 0 Å². The third-order valence-electron chi connectivity index (χ3n) is 2.05. The van der Waals surface area contributed by atoms with Crippen LogP contribution in [-0.4, -0.2) is 27.3 Å². The number of amides is 1. The highest BCUT2D eigenvalue weighted by Gasteiger charge is 2.17. The molecule has 0 aliphatic heterocycles. The minimum atomic E-state index is -0.960. The molecule has 1 aromatic rings. The molecule has 0 radical (unpaired) electrons. The van der Waals surface area contributed by atoms with E-state index >= 15 is 0 Å². The number of aryl methyl sites for hydroxylation is 1. The smallest absolute Gasteiger partial charge is 0.305 e. The molecule has 82 valence electrons. The van der Waals surface area contributed by atoms with Crippen LogP contribution in [0.3, 0.4) is 0 Å². The summed E-state index contributed by atoms with van der Waals surface area (Å²) >= 11 is 0. The zero-order chi connectivity index (χ0) is 11.3. The minimum absolute atomic E-state index is 0.148. The number of nitrogens with zero attached hydrogens (tertiary/aromatic N) is 2. The fourth-order valence-electron chi connectivity index (χ4n) is 1.41. The Bertz CT molecular complexity index is 348. The second-order valence-corrected chi connectivity index (χ2v) is 3.01. The molecule has 0 bridgehead atoms. The third-order valence-corrected chi connectivity index (χ3v) is 2.05. The summed E-state index contributed by atoms with van der Waals surface area (Å²) in [6.45, 7) is 2.54. The van der Waals surface area contributed by atoms with E-state index in [4.69, 9.17) is 5.11 Å². The Morgan fingerprint density at radius 3 is 3.07 bits per heavy atom. The molecule has 1 aromatic heterocycles. The quantitative estimate of drug-likeness (QED) is 0.657. The molecule has 6 heteroatoms. The van der Waals surface area contributed by atoms with Gasteiger partial charge in [0.1, 0.15) is 0 Å². The Hall–Kier alpha value is -1.85. The van der Waals surface area contributed by atoms with Crippen molar-refractivity contribution in [2.45, 2.75) is 25.9 Å². The lowest BCUT2D eigenvalue weighted by Gasteiger charge is -2.14. The summed E-state index contributed by atoms with van der Waals surface area (Å²) in [5.41, 5.74) is 0.701. The molecule has 15 heavy (non-hydrogen) atoms. The van der Waals surface area contributed by atoms with E-state index in [9.17, 15) is 9.59 Å². The maximum atomic E-state index is 10.6. The fourth-order valence-corrected chi connectivity index (χ4v) is 1.41. The van der Waals surface area contributed by atoms with Gasteiger partial charge in [0.15, 0.2) is 0 Å². The van der Waals surface area contributed by atoms with Gasteiger partial charge < -0.3 is 10.4 Å². The van der Waals surface area contributed by atoms with Crippen molar-refractivity contribution < 1.29 is 14.7 Å². The predicted molar refractivity (Wildman–Crippen MR) is 52.1 cm³/mol. The number of nitrogens with one attached hydrogen (secondary N) is 1. The van der Waals surface area contributed by atoms with E-state index in [0.29, 0.717) is 18.6 Å². The van der Waals surface area contributed by atoms with Crippen molar-refractivity contribution in [1.29, 1.82) is 0 Å². The van der Waals surface area contributed by atoms with Crippen molar-refractivity contribution in [3.8, 4) is 0 Å². The number of rotatable bonds is 6. The predicted octanol–water partition coefficient (Wildman–Crippen LogP) is 0.165. The number of carbonyl (C=O) groups is 2. The summed E-state index contributed by atoms with van der Waals surface area (Å²) in [6, 6.07) is 1.18. The molecule has 0 fully saturated rings. The lowest BCUT2D eigenvalue weighted by atomic mass is 10.1. The van der Waals surface area contributed by atoms with Gasteiger partial charge in [-0.25, -0.2) is 0 Å². The van der Waals surface area contributed by atoms with Gasteiger partial charge in [-0.05, 0) is 13.0 Å². The van der Waals surface area contributed by atoms with E-state index in [1.807, 2.05) is 6.92 Å². The van der Waals surface area contributed by atoms with E-state index in [0.717, 1.165) is 0 Å². The highest BCUT2D eigenvalue weighted by atomic mass is 16.4. The SMILES string of the molecule is CCn1nccc1C(CC(=O)O)NC=O. The molecule has 1 heterocycles. The van der Waals surface area contributed by atoms with E-state index < -0.39 is 12.0 Å². The maximum absolute atomic E-state index is 10.6. The van der Waals surface area contributed by atoms with E-state index in [1.165, 1.54) is 0 Å². The second-order valence-electron chi connectivity index (χ2n) is 3.01. The van der Waals surface area contributed by atoms with Crippen molar-refractivity contribution in [2.24, 2.45) is 0 Å². The zero-order valence-electron chi connectivity index (χ0n) is 8.38. The van der Waals surface area contributed by atoms with Crippen LogP contribution in [0.1, 0.15) is 25.1 Å². The van der Waals surface area contributed by atoms with E-state index in [2.05, 4.69) is 10.4 Å². The van der Waals surface area contributed by atoms with Crippen LogP contribution >= 0.6 is 0 Å². The van der Waals surface area contributed by atoms with Crippen LogP contribution < -0.4 is 5.32 Å². The summed E-state index contributed by atoms with van der Waals surface area (Å²) in [7, 11) is 0. The molecule has 0 saturated heterocycles. The van der Waals surface area contributed by atoms with Crippen LogP contribution in [-0.2, 0) is 16.1 Å². The molecule has 0 aliphatic rings. The first-order valence-corrected chi connectivity index (χ1v) is 4.62. The molecule has 6 nitrogen and oxygen atoms in total. The molecule has 0 aromatic carbocycles. The van der Waals surface area contributed by atoms with Crippen LogP contribution in [0.5, 0.6) is 0 Å². The molecule has 2 N–H and O–H groups in total. The van der Waals surface area contributed by atoms with Gasteiger partial charge >= 0.3 is 5.97 Å². The van der Waals surface area contributed by atoms with Crippen LogP contribution in [0.15, 0.2) is 12.3 Å². The standard InChI is InChI=1S/C9H13N3O3/c1-2-12-8(3-4-11-12)7(10-6-13)5-9(14)15/h3-4,6-7H,2,5H2,1H3,(H,10,13)(H,14,15). The van der Waals surface area contributed by atoms with Crippen LogP contribution in [0.2, 0.25) is 0 Å². The Morgan fingerprint density at radius 2 is 2.53 bits per heavy atom. The van der Waals surface area contributed by atoms with Gasteiger partial charge in [0.25, 0.3) is 0 Å². The van der Waals surface area contributed by atoms with Gasteiger partial charge in [-0.3, -0.25) is 14.3 Å². The van der Waals surface area contributed by atoms with Gasteiger partial charge in [0.2, 0.25) is 6.41 Å². The molecular formula is C9H13N3O3. The number of carboxylic acid groups (broad SMARTS) is 1. The largest absolute Gasteiger partial charge is 0.481 e. The van der Waals surface area contributed by atoms with Gasteiger partial charge in [0, 0.05) is 12.7 Å². The molecule has 0 spiro atoms. The molecule has 1 amide bonds. The second kappa shape index (κ2) is 5.14. The number of carboxylic acids is 1. The summed E-state index contributed by atoms with van der Waals surface area (Å²) in [6.07, 6.45) is 1.94. The van der Waals surface area contributed by atoms with Gasteiger partial charge in [0.05, 0.1) is 18.2 Å². The molecule has 1 rings (SSSR count). The molecule has 1 atom stereocenters. The Labute approximate surface area is 86.9 Å². The topological polar surface area (TPSA) is 84.2 Å². The van der Waals surface area contributed by atoms with Crippen molar-refractivity contribution in [1.82, 2.24) is 15.1 Å². The lowest BCUT2D eigenvalue weighted by Crippen LogP contribution is -2.25. The number of carbonyl (C=O) groups excluding carboxylic acids is 1. The molecule has 1 unspecified atom stereocenters. The third kappa shape index (κ3) is 2.80. The zero-order valence-corrected chi connectivity index (χ0v) is 8.38. The Kier molecular flexibility index (Phi) is 3.84. The average molecular weight is 211 g/mol. The molecule has 0 saturated carbocycles. The van der Waals surface area contributed by atoms with Crippen molar-refractivity contribution in [3.05, 3.63) is 18.0 Å². The number of hydrogen-bond donors (Lipinski definition) is 2. The summed E-state index contributed by atoms with van der Waals surface area (Å²) in [5, 5.41) is 15.2. The van der Waals surface area contributed by atoms with Gasteiger partial charge in [-0.2, -0.15) is 5.10 Å². The number of aromatic nitrogens is 2. The monoisotopic (exact) mass is 211 g/mol. The number of hydrogen-bond acceptors (Lipinski definition) is 3.